The minimum Gasteiger partial charge on any atom is -0.466 e. The zero-order chi connectivity index (χ0) is 12.8. The zero-order valence-corrected chi connectivity index (χ0v) is 10.2. The molecular formula is C13H15N3O2. The maximum atomic E-state index is 11.2. The lowest BCUT2D eigenvalue weighted by Gasteiger charge is -2.02. The number of imidazole rings is 1. The molecule has 0 amide bonds. The maximum Gasteiger partial charge on any atom is 0.307 e. The van der Waals surface area contributed by atoms with Gasteiger partial charge >= 0.3 is 5.97 Å². The average molecular weight is 245 g/mol. The van der Waals surface area contributed by atoms with Gasteiger partial charge in [-0.25, -0.2) is 4.98 Å². The van der Waals surface area contributed by atoms with Crippen LogP contribution in [0.5, 0.6) is 0 Å². The summed E-state index contributed by atoms with van der Waals surface area (Å²) < 4.78 is 6.75. The molecule has 0 radical (unpaired) electrons. The number of ether oxygens (including phenoxy) is 1. The first-order chi connectivity index (χ1) is 8.79. The Bertz CT molecular complexity index is 508. The molecule has 2 aromatic rings. The topological polar surface area (TPSA) is 57.0 Å². The molecule has 2 rings (SSSR count). The van der Waals surface area contributed by atoms with Gasteiger partial charge in [-0.1, -0.05) is 0 Å². The fraction of sp³-hybridized carbons (Fsp3) is 0.308. The Hall–Kier alpha value is -2.17. The number of aromatic nitrogens is 3. The first kappa shape index (κ1) is 12.3. The van der Waals surface area contributed by atoms with Gasteiger partial charge in [-0.2, -0.15) is 0 Å². The van der Waals surface area contributed by atoms with Crippen LogP contribution in [0.15, 0.2) is 37.1 Å². The predicted octanol–water partition coefficient (Wildman–Crippen LogP) is 1.90. The lowest BCUT2D eigenvalue weighted by Crippen LogP contribution is -2.07. The number of carbonyl (C=O) groups is 1. The normalized spacial score (nSPS) is 10.3. The van der Waals surface area contributed by atoms with Crippen LogP contribution in [-0.4, -0.2) is 27.1 Å². The van der Waals surface area contributed by atoms with Gasteiger partial charge in [0.05, 0.1) is 25.0 Å². The van der Waals surface area contributed by atoms with Crippen LogP contribution in [0.25, 0.3) is 11.3 Å². The first-order valence-electron chi connectivity index (χ1n) is 5.87. The van der Waals surface area contributed by atoms with Crippen molar-refractivity contribution >= 4 is 5.97 Å². The molecule has 0 aromatic carbocycles. The second-order valence-electron chi connectivity index (χ2n) is 3.79. The van der Waals surface area contributed by atoms with E-state index in [1.165, 1.54) is 0 Å². The van der Waals surface area contributed by atoms with E-state index in [0.717, 1.165) is 11.3 Å². The maximum absolute atomic E-state index is 11.2. The van der Waals surface area contributed by atoms with E-state index >= 15 is 0 Å². The summed E-state index contributed by atoms with van der Waals surface area (Å²) in [5, 5.41) is 0. The van der Waals surface area contributed by atoms with Crippen LogP contribution in [0.1, 0.15) is 13.3 Å². The summed E-state index contributed by atoms with van der Waals surface area (Å²) in [5.41, 5.74) is 1.82. The lowest BCUT2D eigenvalue weighted by atomic mass is 10.2. The van der Waals surface area contributed by atoms with E-state index in [-0.39, 0.29) is 5.97 Å². The number of pyridine rings is 1. The molecule has 0 aliphatic rings. The van der Waals surface area contributed by atoms with E-state index < -0.39 is 0 Å². The lowest BCUT2D eigenvalue weighted by molar-refractivity contribution is -0.143. The van der Waals surface area contributed by atoms with E-state index in [0.29, 0.717) is 19.6 Å². The molecule has 18 heavy (non-hydrogen) atoms. The van der Waals surface area contributed by atoms with Gasteiger partial charge in [-0.3, -0.25) is 9.78 Å². The summed E-state index contributed by atoms with van der Waals surface area (Å²) in [6.45, 7) is 2.80. The fourth-order valence-corrected chi connectivity index (χ4v) is 1.60. The Kier molecular flexibility index (Phi) is 4.06. The Morgan fingerprint density at radius 2 is 2.39 bits per heavy atom. The summed E-state index contributed by atoms with van der Waals surface area (Å²) in [7, 11) is 0. The van der Waals surface area contributed by atoms with Crippen molar-refractivity contribution in [2.45, 2.75) is 19.9 Å². The Morgan fingerprint density at radius 3 is 3.11 bits per heavy atom. The number of carbonyl (C=O) groups excluding carboxylic acids is 1. The summed E-state index contributed by atoms with van der Waals surface area (Å²) in [5.74, 6) is -0.186. The molecule has 2 aromatic heterocycles. The monoisotopic (exact) mass is 245 g/mol. The molecule has 0 saturated heterocycles. The highest BCUT2D eigenvalue weighted by atomic mass is 16.5. The largest absolute Gasteiger partial charge is 0.466 e. The molecule has 5 nitrogen and oxygen atoms in total. The molecule has 0 saturated carbocycles. The summed E-state index contributed by atoms with van der Waals surface area (Å²) >= 11 is 0. The molecule has 0 fully saturated rings. The molecule has 5 heteroatoms. The third kappa shape index (κ3) is 3.16. The van der Waals surface area contributed by atoms with Gasteiger partial charge in [0, 0.05) is 30.7 Å². The third-order valence-electron chi connectivity index (χ3n) is 2.47. The zero-order valence-electron chi connectivity index (χ0n) is 10.2. The van der Waals surface area contributed by atoms with Crippen molar-refractivity contribution in [3.63, 3.8) is 0 Å². The standard InChI is InChI=1S/C13H15N3O2/c1-2-18-13(17)5-7-16-9-12(15-10-16)11-4-3-6-14-8-11/h3-4,6,8-10H,2,5,7H2,1H3. The summed E-state index contributed by atoms with van der Waals surface area (Å²) in [6.07, 6.45) is 7.45. The van der Waals surface area contributed by atoms with Crippen molar-refractivity contribution in [2.75, 3.05) is 6.61 Å². The number of hydrogen-bond acceptors (Lipinski definition) is 4. The molecule has 0 spiro atoms. The molecule has 0 N–H and O–H groups in total. The number of esters is 1. The Morgan fingerprint density at radius 1 is 1.50 bits per heavy atom. The van der Waals surface area contributed by atoms with Crippen LogP contribution in [0.3, 0.4) is 0 Å². The molecule has 0 aliphatic heterocycles. The first-order valence-corrected chi connectivity index (χ1v) is 5.87. The van der Waals surface area contributed by atoms with Gasteiger partial charge in [-0.05, 0) is 19.1 Å². The van der Waals surface area contributed by atoms with Crippen molar-refractivity contribution < 1.29 is 9.53 Å². The van der Waals surface area contributed by atoms with Crippen molar-refractivity contribution in [3.8, 4) is 11.3 Å². The third-order valence-corrected chi connectivity index (χ3v) is 2.47. The Labute approximate surface area is 105 Å². The summed E-state index contributed by atoms with van der Waals surface area (Å²) in [4.78, 5) is 19.6. The van der Waals surface area contributed by atoms with Gasteiger partial charge < -0.3 is 9.30 Å². The van der Waals surface area contributed by atoms with E-state index in [1.54, 1.807) is 25.6 Å². The van der Waals surface area contributed by atoms with Gasteiger partial charge in [0.1, 0.15) is 0 Å². The SMILES string of the molecule is CCOC(=O)CCn1cnc(-c2cccnc2)c1. The van der Waals surface area contributed by atoms with E-state index in [2.05, 4.69) is 9.97 Å². The quantitative estimate of drug-likeness (QED) is 0.755. The van der Waals surface area contributed by atoms with Crippen LogP contribution in [0.2, 0.25) is 0 Å². The van der Waals surface area contributed by atoms with Gasteiger partial charge in [-0.15, -0.1) is 0 Å². The van der Waals surface area contributed by atoms with Crippen molar-refractivity contribution in [1.29, 1.82) is 0 Å². The predicted molar refractivity (Wildman–Crippen MR) is 66.7 cm³/mol. The highest BCUT2D eigenvalue weighted by Crippen LogP contribution is 2.14. The van der Waals surface area contributed by atoms with Gasteiger partial charge in [0.15, 0.2) is 0 Å². The van der Waals surface area contributed by atoms with Crippen molar-refractivity contribution in [1.82, 2.24) is 14.5 Å². The highest BCUT2D eigenvalue weighted by molar-refractivity contribution is 5.69. The molecule has 94 valence electrons. The van der Waals surface area contributed by atoms with Crippen LogP contribution in [0.4, 0.5) is 0 Å². The van der Waals surface area contributed by atoms with Crippen LogP contribution < -0.4 is 0 Å². The summed E-state index contributed by atoms with van der Waals surface area (Å²) in [6, 6.07) is 3.82. The number of rotatable bonds is 5. The van der Waals surface area contributed by atoms with E-state index in [1.807, 2.05) is 22.9 Å². The van der Waals surface area contributed by atoms with Crippen LogP contribution >= 0.6 is 0 Å². The molecule has 0 bridgehead atoms. The average Bonchev–Trinajstić information content (AvgIpc) is 2.87. The number of nitrogens with zero attached hydrogens (tertiary/aromatic N) is 3. The highest BCUT2D eigenvalue weighted by Gasteiger charge is 2.05. The minimum atomic E-state index is -0.186. The Balaban J connectivity index is 1.97. The smallest absolute Gasteiger partial charge is 0.307 e. The second kappa shape index (κ2) is 5.95. The van der Waals surface area contributed by atoms with E-state index in [9.17, 15) is 4.79 Å². The molecular weight excluding hydrogens is 230 g/mol. The van der Waals surface area contributed by atoms with Crippen LogP contribution in [-0.2, 0) is 16.1 Å². The molecule has 0 atom stereocenters. The van der Waals surface area contributed by atoms with Crippen molar-refractivity contribution in [2.24, 2.45) is 0 Å². The molecule has 2 heterocycles. The fourth-order valence-electron chi connectivity index (χ4n) is 1.60. The molecule has 0 unspecified atom stereocenters. The molecule has 0 aliphatic carbocycles. The minimum absolute atomic E-state index is 0.186. The van der Waals surface area contributed by atoms with Crippen LogP contribution in [0, 0.1) is 0 Å². The van der Waals surface area contributed by atoms with Gasteiger partial charge in [0.2, 0.25) is 0 Å². The van der Waals surface area contributed by atoms with E-state index in [4.69, 9.17) is 4.74 Å². The number of aryl methyl sites for hydroxylation is 1. The second-order valence-corrected chi connectivity index (χ2v) is 3.79. The van der Waals surface area contributed by atoms with Crippen molar-refractivity contribution in [3.05, 3.63) is 37.1 Å². The number of hydrogen-bond donors (Lipinski definition) is 0. The van der Waals surface area contributed by atoms with Gasteiger partial charge in [0.25, 0.3) is 0 Å².